The van der Waals surface area contributed by atoms with Crippen LogP contribution in [0.3, 0.4) is 0 Å². The molecule has 0 N–H and O–H groups in total. The van der Waals surface area contributed by atoms with E-state index in [0.717, 1.165) is 5.56 Å². The van der Waals surface area contributed by atoms with Gasteiger partial charge in [0.15, 0.2) is 0 Å². The Hall–Kier alpha value is -1.73. The molecule has 1 aromatic rings. The van der Waals surface area contributed by atoms with E-state index >= 15 is 0 Å². The molecule has 1 rings (SSSR count). The van der Waals surface area contributed by atoms with Crippen LogP contribution in [0.4, 0.5) is 0 Å². The molecule has 0 bridgehead atoms. The molecule has 1 aromatic carbocycles. The number of hydrogen-bond donors (Lipinski definition) is 0. The molecule has 0 atom stereocenters. The SMILES string of the molecule is C#Cc1ccccc1.C#N. The summed E-state index contributed by atoms with van der Waals surface area (Å²) in [7, 11) is 0. The van der Waals surface area contributed by atoms with Gasteiger partial charge in [-0.25, -0.2) is 5.26 Å². The van der Waals surface area contributed by atoms with Crippen molar-refractivity contribution in [2.24, 2.45) is 0 Å². The van der Waals surface area contributed by atoms with Crippen LogP contribution in [0, 0.1) is 24.2 Å². The number of benzene rings is 1. The third-order valence-corrected chi connectivity index (χ3v) is 0.940. The van der Waals surface area contributed by atoms with E-state index in [-0.39, 0.29) is 0 Å². The second-order valence-corrected chi connectivity index (χ2v) is 1.51. The number of terminal acetylenes is 1. The van der Waals surface area contributed by atoms with E-state index in [0.29, 0.717) is 0 Å². The summed E-state index contributed by atoms with van der Waals surface area (Å²) in [6.07, 6.45) is 5.10. The highest BCUT2D eigenvalue weighted by molar-refractivity contribution is 5.30. The summed E-state index contributed by atoms with van der Waals surface area (Å²) in [5, 5.41) is 6.50. The molecule has 10 heavy (non-hydrogen) atoms. The van der Waals surface area contributed by atoms with E-state index in [1.165, 1.54) is 0 Å². The zero-order valence-corrected chi connectivity index (χ0v) is 5.49. The van der Waals surface area contributed by atoms with Crippen LogP contribution in [0.15, 0.2) is 30.3 Å². The maximum atomic E-state index is 6.50. The third-order valence-electron chi connectivity index (χ3n) is 0.940. The monoisotopic (exact) mass is 129 g/mol. The number of hydrogen-bond acceptors (Lipinski definition) is 1. The van der Waals surface area contributed by atoms with E-state index in [1.54, 1.807) is 0 Å². The summed E-state index contributed by atoms with van der Waals surface area (Å²) >= 11 is 0. The molecular formula is C9H7N. The van der Waals surface area contributed by atoms with Crippen LogP contribution in [-0.2, 0) is 0 Å². The van der Waals surface area contributed by atoms with Gasteiger partial charge in [-0.2, -0.15) is 0 Å². The van der Waals surface area contributed by atoms with Crippen LogP contribution in [0.2, 0.25) is 0 Å². The largest absolute Gasteiger partial charge is 0.202 e. The lowest BCUT2D eigenvalue weighted by Gasteiger charge is -1.82. The highest BCUT2D eigenvalue weighted by Crippen LogP contribution is 1.92. The molecule has 0 aromatic heterocycles. The highest BCUT2D eigenvalue weighted by atomic mass is 14.2. The molecule has 0 radical (unpaired) electrons. The summed E-state index contributed by atoms with van der Waals surface area (Å²) in [5.41, 5.74) is 0.938. The van der Waals surface area contributed by atoms with Gasteiger partial charge in [-0.05, 0) is 12.1 Å². The summed E-state index contributed by atoms with van der Waals surface area (Å²) in [5.74, 6) is 2.53. The molecule has 1 heteroatoms. The average molecular weight is 129 g/mol. The molecule has 0 aliphatic heterocycles. The Bertz CT molecular complexity index is 228. The van der Waals surface area contributed by atoms with Crippen LogP contribution < -0.4 is 0 Å². The molecule has 0 saturated heterocycles. The van der Waals surface area contributed by atoms with Crippen molar-refractivity contribution >= 4 is 0 Å². The third kappa shape index (κ3) is 2.55. The first-order valence-electron chi connectivity index (χ1n) is 2.71. The molecule has 0 aliphatic carbocycles. The van der Waals surface area contributed by atoms with Gasteiger partial charge < -0.3 is 0 Å². The lowest BCUT2D eigenvalue weighted by molar-refractivity contribution is 1.58. The Morgan fingerprint density at radius 3 is 1.90 bits per heavy atom. The Kier molecular flexibility index (Phi) is 4.47. The van der Waals surface area contributed by atoms with Gasteiger partial charge in [0.25, 0.3) is 0 Å². The van der Waals surface area contributed by atoms with Crippen molar-refractivity contribution in [1.82, 2.24) is 0 Å². The average Bonchev–Trinajstić information content (AvgIpc) is 2.10. The first-order chi connectivity index (χ1) is 4.93. The fourth-order valence-corrected chi connectivity index (χ4v) is 0.534. The quantitative estimate of drug-likeness (QED) is 0.490. The molecule has 48 valence electrons. The van der Waals surface area contributed by atoms with Crippen molar-refractivity contribution in [3.05, 3.63) is 35.9 Å². The fraction of sp³-hybridized carbons (Fsp3) is 0. The second-order valence-electron chi connectivity index (χ2n) is 1.51. The first-order valence-corrected chi connectivity index (χ1v) is 2.71. The van der Waals surface area contributed by atoms with E-state index in [1.807, 2.05) is 30.3 Å². The van der Waals surface area contributed by atoms with Crippen molar-refractivity contribution in [3.63, 3.8) is 0 Å². The van der Waals surface area contributed by atoms with Gasteiger partial charge >= 0.3 is 0 Å². The molecule has 0 saturated carbocycles. The number of nitrogens with zero attached hydrogens (tertiary/aromatic N) is 1. The normalized spacial score (nSPS) is 6.50. The van der Waals surface area contributed by atoms with Gasteiger partial charge in [0.2, 0.25) is 0 Å². The standard InChI is InChI=1S/C8H6.CHN/c1-2-8-6-4-3-5-7-8;1-2/h1,3-7H;1H. The molecule has 0 heterocycles. The zero-order chi connectivity index (χ0) is 7.82. The lowest BCUT2D eigenvalue weighted by Crippen LogP contribution is -1.66. The van der Waals surface area contributed by atoms with Crippen molar-refractivity contribution in [2.45, 2.75) is 0 Å². The molecule has 0 amide bonds. The summed E-state index contributed by atoms with van der Waals surface area (Å²) < 4.78 is 0. The number of nitriles is 1. The molecule has 0 unspecified atom stereocenters. The maximum absolute atomic E-state index is 6.50. The summed E-state index contributed by atoms with van der Waals surface area (Å²) in [6.45, 7) is 3.50. The van der Waals surface area contributed by atoms with E-state index in [9.17, 15) is 0 Å². The zero-order valence-electron chi connectivity index (χ0n) is 5.49. The van der Waals surface area contributed by atoms with E-state index in [4.69, 9.17) is 11.7 Å². The fourth-order valence-electron chi connectivity index (χ4n) is 0.534. The minimum Gasteiger partial charge on any atom is -0.202 e. The second kappa shape index (κ2) is 5.41. The van der Waals surface area contributed by atoms with Crippen LogP contribution in [0.5, 0.6) is 0 Å². The van der Waals surface area contributed by atoms with Crippen molar-refractivity contribution in [2.75, 3.05) is 0 Å². The Morgan fingerprint density at radius 2 is 1.60 bits per heavy atom. The van der Waals surface area contributed by atoms with Crippen molar-refractivity contribution < 1.29 is 0 Å². The van der Waals surface area contributed by atoms with Crippen LogP contribution in [0.1, 0.15) is 5.56 Å². The minimum atomic E-state index is 0.938. The Morgan fingerprint density at radius 1 is 1.10 bits per heavy atom. The molecule has 0 aliphatic rings. The first kappa shape index (κ1) is 8.27. The van der Waals surface area contributed by atoms with Gasteiger partial charge in [-0.1, -0.05) is 24.1 Å². The van der Waals surface area contributed by atoms with E-state index in [2.05, 4.69) is 12.5 Å². The molecular weight excluding hydrogens is 122 g/mol. The summed E-state index contributed by atoms with van der Waals surface area (Å²) in [6, 6.07) is 9.60. The molecule has 0 fully saturated rings. The molecule has 1 nitrogen and oxygen atoms in total. The topological polar surface area (TPSA) is 23.8 Å². The van der Waals surface area contributed by atoms with Crippen molar-refractivity contribution in [3.8, 4) is 18.9 Å². The van der Waals surface area contributed by atoms with Crippen LogP contribution >= 0.6 is 0 Å². The van der Waals surface area contributed by atoms with Gasteiger partial charge in [0.05, 0.1) is 0 Å². The van der Waals surface area contributed by atoms with Gasteiger partial charge in [0.1, 0.15) is 0 Å². The van der Waals surface area contributed by atoms with Crippen molar-refractivity contribution in [1.29, 1.82) is 5.26 Å². The van der Waals surface area contributed by atoms with Gasteiger partial charge in [-0.3, -0.25) is 0 Å². The van der Waals surface area contributed by atoms with E-state index < -0.39 is 0 Å². The minimum absolute atomic E-state index is 0.938. The van der Waals surface area contributed by atoms with Gasteiger partial charge in [0, 0.05) is 12.1 Å². The van der Waals surface area contributed by atoms with Crippen LogP contribution in [0.25, 0.3) is 0 Å². The Labute approximate surface area is 60.9 Å². The number of rotatable bonds is 0. The van der Waals surface area contributed by atoms with Crippen LogP contribution in [-0.4, -0.2) is 0 Å². The predicted molar refractivity (Wildman–Crippen MR) is 41.0 cm³/mol. The maximum Gasteiger partial charge on any atom is 0.0462 e. The Balaban J connectivity index is 0.000000371. The lowest BCUT2D eigenvalue weighted by atomic mass is 10.2. The predicted octanol–water partition coefficient (Wildman–Crippen LogP) is 1.81. The summed E-state index contributed by atoms with van der Waals surface area (Å²) in [4.78, 5) is 0. The molecule has 0 spiro atoms. The highest BCUT2D eigenvalue weighted by Gasteiger charge is 1.76. The van der Waals surface area contributed by atoms with Gasteiger partial charge in [-0.15, -0.1) is 6.42 Å². The smallest absolute Gasteiger partial charge is 0.0462 e.